The monoisotopic (exact) mass is 312 g/mol. The molecule has 2 N–H and O–H groups in total. The van der Waals surface area contributed by atoms with E-state index in [1.54, 1.807) is 0 Å². The third kappa shape index (κ3) is 4.01. The second kappa shape index (κ2) is 6.99. The Morgan fingerprint density at radius 1 is 1.22 bits per heavy atom. The van der Waals surface area contributed by atoms with E-state index in [1.165, 1.54) is 19.3 Å². The Hall–Kier alpha value is -2.10. The summed E-state index contributed by atoms with van der Waals surface area (Å²) in [7, 11) is 0. The molecule has 1 aromatic carbocycles. The van der Waals surface area contributed by atoms with Gasteiger partial charge in [-0.2, -0.15) is 0 Å². The quantitative estimate of drug-likeness (QED) is 0.910. The first kappa shape index (κ1) is 15.8. The van der Waals surface area contributed by atoms with Crippen LogP contribution < -0.4 is 10.9 Å². The Morgan fingerprint density at radius 2 is 2.00 bits per heavy atom. The topological polar surface area (TPSA) is 62.0 Å². The van der Waals surface area contributed by atoms with Gasteiger partial charge in [-0.05, 0) is 49.8 Å². The van der Waals surface area contributed by atoms with Crippen molar-refractivity contribution < 1.29 is 4.79 Å². The number of benzene rings is 1. The van der Waals surface area contributed by atoms with Crippen LogP contribution in [0.3, 0.4) is 0 Å². The second-order valence-electron chi connectivity index (χ2n) is 6.62. The zero-order chi connectivity index (χ0) is 16.2. The molecule has 1 aliphatic carbocycles. The number of aromatic nitrogens is 1. The zero-order valence-corrected chi connectivity index (χ0v) is 13.7. The summed E-state index contributed by atoms with van der Waals surface area (Å²) in [6.07, 6.45) is 6.71. The van der Waals surface area contributed by atoms with Gasteiger partial charge in [0.15, 0.2) is 0 Å². The number of aromatic amines is 1. The molecule has 0 aliphatic heterocycles. The molecule has 23 heavy (non-hydrogen) atoms. The summed E-state index contributed by atoms with van der Waals surface area (Å²) in [5.41, 5.74) is 2.59. The molecule has 1 aromatic heterocycles. The third-order valence-electron chi connectivity index (χ3n) is 4.67. The number of hydrogen-bond donors (Lipinski definition) is 2. The van der Waals surface area contributed by atoms with E-state index in [9.17, 15) is 9.59 Å². The highest BCUT2D eigenvalue weighted by atomic mass is 16.1. The van der Waals surface area contributed by atoms with Crippen molar-refractivity contribution >= 4 is 16.8 Å². The molecule has 0 saturated heterocycles. The van der Waals surface area contributed by atoms with Crippen molar-refractivity contribution in [1.82, 2.24) is 10.3 Å². The number of rotatable bonds is 4. The van der Waals surface area contributed by atoms with Crippen molar-refractivity contribution in [2.24, 2.45) is 0 Å². The maximum absolute atomic E-state index is 12.1. The smallest absolute Gasteiger partial charge is 0.251 e. The molecule has 0 radical (unpaired) electrons. The normalized spacial score (nSPS) is 15.7. The van der Waals surface area contributed by atoms with Gasteiger partial charge in [-0.15, -0.1) is 0 Å². The summed E-state index contributed by atoms with van der Waals surface area (Å²) in [4.78, 5) is 27.1. The third-order valence-corrected chi connectivity index (χ3v) is 4.67. The molecule has 1 heterocycles. The summed E-state index contributed by atoms with van der Waals surface area (Å²) < 4.78 is 0. The average Bonchev–Trinajstić information content (AvgIpc) is 2.54. The number of amides is 1. The molecule has 0 unspecified atom stereocenters. The highest BCUT2D eigenvalue weighted by molar-refractivity contribution is 5.80. The Bertz CT molecular complexity index is 758. The summed E-state index contributed by atoms with van der Waals surface area (Å²) in [5, 5.41) is 4.12. The first-order valence-electron chi connectivity index (χ1n) is 8.54. The number of carbonyl (C=O) groups is 1. The molecule has 4 heteroatoms. The first-order chi connectivity index (χ1) is 11.1. The van der Waals surface area contributed by atoms with Gasteiger partial charge in [-0.25, -0.2) is 0 Å². The van der Waals surface area contributed by atoms with E-state index in [-0.39, 0.29) is 11.5 Å². The van der Waals surface area contributed by atoms with E-state index in [1.807, 2.05) is 25.1 Å². The highest BCUT2D eigenvalue weighted by Gasteiger charge is 2.15. The fourth-order valence-corrected chi connectivity index (χ4v) is 3.35. The molecule has 3 rings (SSSR count). The summed E-state index contributed by atoms with van der Waals surface area (Å²) in [6, 6.07) is 8.20. The standard InChI is InChI=1S/C19H24N2O2/c1-13-7-9-17-15(11-13)12-14(19(23)21-17)8-10-18(22)20-16-5-3-2-4-6-16/h7,9,11-12,16H,2-6,8,10H2,1H3,(H,20,22)(H,21,23). The van der Waals surface area contributed by atoms with Gasteiger partial charge in [0.05, 0.1) is 0 Å². The van der Waals surface area contributed by atoms with Crippen molar-refractivity contribution in [2.45, 2.75) is 57.9 Å². The molecule has 0 atom stereocenters. The molecule has 0 spiro atoms. The van der Waals surface area contributed by atoms with Crippen LogP contribution in [0.4, 0.5) is 0 Å². The lowest BCUT2D eigenvalue weighted by atomic mass is 9.95. The highest BCUT2D eigenvalue weighted by Crippen LogP contribution is 2.18. The van der Waals surface area contributed by atoms with Crippen LogP contribution in [0, 0.1) is 6.92 Å². The van der Waals surface area contributed by atoms with Crippen LogP contribution in [0.2, 0.25) is 0 Å². The van der Waals surface area contributed by atoms with Gasteiger partial charge in [0.2, 0.25) is 5.91 Å². The number of nitrogens with one attached hydrogen (secondary N) is 2. The van der Waals surface area contributed by atoms with E-state index in [4.69, 9.17) is 0 Å². The molecule has 1 aliphatic rings. The molecule has 4 nitrogen and oxygen atoms in total. The molecule has 1 amide bonds. The molecular weight excluding hydrogens is 288 g/mol. The lowest BCUT2D eigenvalue weighted by Gasteiger charge is -2.22. The number of carbonyl (C=O) groups excluding carboxylic acids is 1. The van der Waals surface area contributed by atoms with Crippen LogP contribution in [0.5, 0.6) is 0 Å². The minimum Gasteiger partial charge on any atom is -0.353 e. The number of H-pyrrole nitrogens is 1. The molecule has 2 aromatic rings. The predicted octanol–water partition coefficient (Wildman–Crippen LogP) is 3.22. The van der Waals surface area contributed by atoms with Crippen LogP contribution in [0.15, 0.2) is 29.1 Å². The van der Waals surface area contributed by atoms with E-state index in [0.717, 1.165) is 29.3 Å². The van der Waals surface area contributed by atoms with Crippen LogP contribution in [-0.4, -0.2) is 16.9 Å². The first-order valence-corrected chi connectivity index (χ1v) is 8.54. The van der Waals surface area contributed by atoms with Crippen LogP contribution in [-0.2, 0) is 11.2 Å². The van der Waals surface area contributed by atoms with Crippen LogP contribution in [0.25, 0.3) is 10.9 Å². The van der Waals surface area contributed by atoms with Gasteiger partial charge < -0.3 is 10.3 Å². The Kier molecular flexibility index (Phi) is 4.79. The van der Waals surface area contributed by atoms with Crippen molar-refractivity contribution in [3.8, 4) is 0 Å². The fourth-order valence-electron chi connectivity index (χ4n) is 3.35. The summed E-state index contributed by atoms with van der Waals surface area (Å²) in [6.45, 7) is 2.03. The number of fused-ring (bicyclic) bond motifs is 1. The Morgan fingerprint density at radius 3 is 2.78 bits per heavy atom. The predicted molar refractivity (Wildman–Crippen MR) is 92.6 cm³/mol. The van der Waals surface area contributed by atoms with Crippen molar-refractivity contribution in [2.75, 3.05) is 0 Å². The van der Waals surface area contributed by atoms with Gasteiger partial charge >= 0.3 is 0 Å². The van der Waals surface area contributed by atoms with E-state index >= 15 is 0 Å². The van der Waals surface area contributed by atoms with Crippen LogP contribution >= 0.6 is 0 Å². The Balaban J connectivity index is 1.65. The lowest BCUT2D eigenvalue weighted by molar-refractivity contribution is -0.121. The fraction of sp³-hybridized carbons (Fsp3) is 0.474. The van der Waals surface area contributed by atoms with Crippen molar-refractivity contribution in [1.29, 1.82) is 0 Å². The molecular formula is C19H24N2O2. The number of pyridine rings is 1. The minimum atomic E-state index is -0.0909. The van der Waals surface area contributed by atoms with E-state index in [0.29, 0.717) is 24.4 Å². The second-order valence-corrected chi connectivity index (χ2v) is 6.62. The maximum Gasteiger partial charge on any atom is 0.251 e. The molecule has 1 fully saturated rings. The van der Waals surface area contributed by atoms with Crippen molar-refractivity contribution in [3.05, 3.63) is 45.7 Å². The lowest BCUT2D eigenvalue weighted by Crippen LogP contribution is -2.36. The van der Waals surface area contributed by atoms with Gasteiger partial charge in [0.1, 0.15) is 0 Å². The minimum absolute atomic E-state index is 0.0561. The van der Waals surface area contributed by atoms with Gasteiger partial charge in [-0.1, -0.05) is 30.9 Å². The van der Waals surface area contributed by atoms with Gasteiger partial charge in [0.25, 0.3) is 5.56 Å². The van der Waals surface area contributed by atoms with Gasteiger partial charge in [0, 0.05) is 23.5 Å². The van der Waals surface area contributed by atoms with Crippen molar-refractivity contribution in [3.63, 3.8) is 0 Å². The number of hydrogen-bond acceptors (Lipinski definition) is 2. The van der Waals surface area contributed by atoms with Crippen LogP contribution in [0.1, 0.15) is 49.7 Å². The molecule has 1 saturated carbocycles. The zero-order valence-electron chi connectivity index (χ0n) is 13.7. The van der Waals surface area contributed by atoms with E-state index in [2.05, 4.69) is 16.4 Å². The Labute approximate surface area is 136 Å². The summed E-state index contributed by atoms with van der Waals surface area (Å²) in [5.74, 6) is 0.0561. The molecule has 0 bridgehead atoms. The SMILES string of the molecule is Cc1ccc2[nH]c(=O)c(CCC(=O)NC3CCCCC3)cc2c1. The summed E-state index contributed by atoms with van der Waals surface area (Å²) >= 11 is 0. The maximum atomic E-state index is 12.1. The average molecular weight is 312 g/mol. The molecule has 122 valence electrons. The number of aryl methyl sites for hydroxylation is 2. The van der Waals surface area contributed by atoms with E-state index < -0.39 is 0 Å². The largest absolute Gasteiger partial charge is 0.353 e. The van der Waals surface area contributed by atoms with Gasteiger partial charge in [-0.3, -0.25) is 9.59 Å².